The standard InChI is InChI=1S/C16H21N3O3/c1-12-3-6-17-13(9-12)10-14(20)19-7-4-16(5-8-19)11-18(2)15(21)22-16/h3,6,9H,4-5,7-8,10-11H2,1-2H3. The molecule has 0 bridgehead atoms. The fourth-order valence-corrected chi connectivity index (χ4v) is 3.18. The van der Waals surface area contributed by atoms with Gasteiger partial charge in [-0.15, -0.1) is 0 Å². The van der Waals surface area contributed by atoms with Gasteiger partial charge in [0.25, 0.3) is 0 Å². The molecule has 0 aromatic carbocycles. The highest BCUT2D eigenvalue weighted by atomic mass is 16.6. The van der Waals surface area contributed by atoms with Crippen molar-refractivity contribution in [3.05, 3.63) is 29.6 Å². The number of likely N-dealkylation sites (tertiary alicyclic amines) is 1. The van der Waals surface area contributed by atoms with Crippen molar-refractivity contribution in [1.82, 2.24) is 14.8 Å². The Morgan fingerprint density at radius 3 is 2.73 bits per heavy atom. The predicted molar refractivity (Wildman–Crippen MR) is 80.3 cm³/mol. The van der Waals surface area contributed by atoms with Crippen molar-refractivity contribution in [3.8, 4) is 0 Å². The second-order valence-electron chi connectivity index (χ2n) is 6.29. The Kier molecular flexibility index (Phi) is 3.76. The summed E-state index contributed by atoms with van der Waals surface area (Å²) in [6.07, 6.45) is 3.21. The lowest BCUT2D eigenvalue weighted by Crippen LogP contribution is -2.49. The molecule has 1 spiro atoms. The number of piperidine rings is 1. The Morgan fingerprint density at radius 2 is 2.14 bits per heavy atom. The van der Waals surface area contributed by atoms with Crippen LogP contribution in [0.15, 0.2) is 18.3 Å². The monoisotopic (exact) mass is 303 g/mol. The van der Waals surface area contributed by atoms with Gasteiger partial charge in [0.05, 0.1) is 13.0 Å². The second-order valence-corrected chi connectivity index (χ2v) is 6.29. The van der Waals surface area contributed by atoms with Gasteiger partial charge in [0.1, 0.15) is 5.60 Å². The Bertz CT molecular complexity index is 594. The smallest absolute Gasteiger partial charge is 0.410 e. The predicted octanol–water partition coefficient (Wildman–Crippen LogP) is 1.38. The summed E-state index contributed by atoms with van der Waals surface area (Å²) in [7, 11) is 1.75. The Hall–Kier alpha value is -2.11. The number of hydrogen-bond donors (Lipinski definition) is 0. The van der Waals surface area contributed by atoms with E-state index in [1.807, 2.05) is 24.0 Å². The van der Waals surface area contributed by atoms with E-state index in [4.69, 9.17) is 4.74 Å². The number of carbonyl (C=O) groups is 2. The van der Waals surface area contributed by atoms with Crippen molar-refractivity contribution in [3.63, 3.8) is 0 Å². The van der Waals surface area contributed by atoms with Crippen molar-refractivity contribution in [2.45, 2.75) is 31.8 Å². The molecule has 2 aliphatic heterocycles. The summed E-state index contributed by atoms with van der Waals surface area (Å²) in [4.78, 5) is 31.6. The molecule has 0 atom stereocenters. The zero-order chi connectivity index (χ0) is 15.7. The minimum atomic E-state index is -0.399. The van der Waals surface area contributed by atoms with E-state index in [-0.39, 0.29) is 12.0 Å². The molecule has 3 heterocycles. The first-order valence-electron chi connectivity index (χ1n) is 7.61. The third kappa shape index (κ3) is 2.91. The lowest BCUT2D eigenvalue weighted by Gasteiger charge is -2.37. The lowest BCUT2D eigenvalue weighted by atomic mass is 9.91. The Balaban J connectivity index is 1.57. The zero-order valence-electron chi connectivity index (χ0n) is 13.0. The van der Waals surface area contributed by atoms with Crippen LogP contribution >= 0.6 is 0 Å². The lowest BCUT2D eigenvalue weighted by molar-refractivity contribution is -0.133. The SMILES string of the molecule is Cc1ccnc(CC(=O)N2CCC3(CC2)CN(C)C(=O)O3)c1. The number of nitrogens with zero attached hydrogens (tertiary/aromatic N) is 3. The number of hydrogen-bond acceptors (Lipinski definition) is 4. The van der Waals surface area contributed by atoms with E-state index < -0.39 is 5.60 Å². The third-order valence-electron chi connectivity index (χ3n) is 4.47. The van der Waals surface area contributed by atoms with Crippen molar-refractivity contribution in [2.75, 3.05) is 26.7 Å². The summed E-state index contributed by atoms with van der Waals surface area (Å²) in [6, 6.07) is 3.86. The van der Waals surface area contributed by atoms with E-state index in [9.17, 15) is 9.59 Å². The molecule has 1 aromatic heterocycles. The number of carbonyl (C=O) groups excluding carboxylic acids is 2. The second kappa shape index (κ2) is 5.59. The van der Waals surface area contributed by atoms with Crippen LogP contribution in [0.2, 0.25) is 0 Å². The van der Waals surface area contributed by atoms with Crippen LogP contribution in [-0.2, 0) is 16.0 Å². The third-order valence-corrected chi connectivity index (χ3v) is 4.47. The van der Waals surface area contributed by atoms with E-state index in [1.165, 1.54) is 0 Å². The van der Waals surface area contributed by atoms with Gasteiger partial charge in [-0.25, -0.2) is 4.79 Å². The molecule has 6 nitrogen and oxygen atoms in total. The van der Waals surface area contributed by atoms with Crippen LogP contribution in [0.3, 0.4) is 0 Å². The summed E-state index contributed by atoms with van der Waals surface area (Å²) in [5.74, 6) is 0.0885. The van der Waals surface area contributed by atoms with E-state index in [0.29, 0.717) is 38.9 Å². The van der Waals surface area contributed by atoms with E-state index in [0.717, 1.165) is 11.3 Å². The van der Waals surface area contributed by atoms with E-state index in [1.54, 1.807) is 18.1 Å². The normalized spacial score (nSPS) is 20.4. The summed E-state index contributed by atoms with van der Waals surface area (Å²) in [6.45, 7) is 3.87. The molecule has 3 rings (SSSR count). The largest absolute Gasteiger partial charge is 0.441 e. The molecule has 0 N–H and O–H groups in total. The molecule has 118 valence electrons. The highest BCUT2D eigenvalue weighted by molar-refractivity contribution is 5.78. The van der Waals surface area contributed by atoms with E-state index in [2.05, 4.69) is 4.98 Å². The summed E-state index contributed by atoms with van der Waals surface area (Å²) < 4.78 is 5.50. The fraction of sp³-hybridized carbons (Fsp3) is 0.562. The van der Waals surface area contributed by atoms with Gasteiger partial charge in [0.2, 0.25) is 5.91 Å². The van der Waals surface area contributed by atoms with Gasteiger partial charge in [-0.3, -0.25) is 9.78 Å². The Labute approximate surface area is 130 Å². The van der Waals surface area contributed by atoms with Gasteiger partial charge in [-0.2, -0.15) is 0 Å². The first kappa shape index (κ1) is 14.8. The van der Waals surface area contributed by atoms with Gasteiger partial charge < -0.3 is 14.5 Å². The molecule has 6 heteroatoms. The molecule has 0 aliphatic carbocycles. The topological polar surface area (TPSA) is 62.7 Å². The number of amides is 2. The van der Waals surface area contributed by atoms with Crippen molar-refractivity contribution < 1.29 is 14.3 Å². The number of likely N-dealkylation sites (N-methyl/N-ethyl adjacent to an activating group) is 1. The van der Waals surface area contributed by atoms with Crippen LogP contribution in [0.4, 0.5) is 4.79 Å². The van der Waals surface area contributed by atoms with Crippen LogP contribution in [0.1, 0.15) is 24.1 Å². The number of aryl methyl sites for hydroxylation is 1. The quantitative estimate of drug-likeness (QED) is 0.828. The average molecular weight is 303 g/mol. The molecule has 0 radical (unpaired) electrons. The highest BCUT2D eigenvalue weighted by Crippen LogP contribution is 2.32. The van der Waals surface area contributed by atoms with Crippen LogP contribution in [0.5, 0.6) is 0 Å². The van der Waals surface area contributed by atoms with Crippen LogP contribution in [0.25, 0.3) is 0 Å². The summed E-state index contributed by atoms with van der Waals surface area (Å²) in [5, 5.41) is 0. The summed E-state index contributed by atoms with van der Waals surface area (Å²) >= 11 is 0. The molecule has 2 aliphatic rings. The van der Waals surface area contributed by atoms with Crippen molar-refractivity contribution in [1.29, 1.82) is 0 Å². The van der Waals surface area contributed by atoms with Gasteiger partial charge in [-0.1, -0.05) is 0 Å². The van der Waals surface area contributed by atoms with E-state index >= 15 is 0 Å². The van der Waals surface area contributed by atoms with Crippen LogP contribution in [0, 0.1) is 6.92 Å². The molecule has 2 fully saturated rings. The molecule has 2 amide bonds. The maximum Gasteiger partial charge on any atom is 0.410 e. The molecule has 1 aromatic rings. The van der Waals surface area contributed by atoms with Crippen molar-refractivity contribution >= 4 is 12.0 Å². The first-order chi connectivity index (χ1) is 10.5. The molecular formula is C16H21N3O3. The van der Waals surface area contributed by atoms with Crippen molar-refractivity contribution in [2.24, 2.45) is 0 Å². The average Bonchev–Trinajstić information content (AvgIpc) is 2.74. The Morgan fingerprint density at radius 1 is 1.41 bits per heavy atom. The van der Waals surface area contributed by atoms with Gasteiger partial charge in [0, 0.05) is 44.9 Å². The molecule has 2 saturated heterocycles. The maximum absolute atomic E-state index is 12.4. The highest BCUT2D eigenvalue weighted by Gasteiger charge is 2.46. The van der Waals surface area contributed by atoms with Gasteiger partial charge >= 0.3 is 6.09 Å². The molecule has 22 heavy (non-hydrogen) atoms. The molecule has 0 unspecified atom stereocenters. The molecule has 0 saturated carbocycles. The number of pyridine rings is 1. The minimum Gasteiger partial charge on any atom is -0.441 e. The fourth-order valence-electron chi connectivity index (χ4n) is 3.18. The minimum absolute atomic E-state index is 0.0885. The molecular weight excluding hydrogens is 282 g/mol. The van der Waals surface area contributed by atoms with Gasteiger partial charge in [-0.05, 0) is 24.6 Å². The first-order valence-corrected chi connectivity index (χ1v) is 7.61. The number of ether oxygens (including phenoxy) is 1. The number of aromatic nitrogens is 1. The van der Waals surface area contributed by atoms with Crippen LogP contribution in [-0.4, -0.2) is 59.1 Å². The maximum atomic E-state index is 12.4. The van der Waals surface area contributed by atoms with Crippen LogP contribution < -0.4 is 0 Å². The zero-order valence-corrected chi connectivity index (χ0v) is 13.0. The number of rotatable bonds is 2. The summed E-state index contributed by atoms with van der Waals surface area (Å²) in [5.41, 5.74) is 1.51. The van der Waals surface area contributed by atoms with Gasteiger partial charge in [0.15, 0.2) is 0 Å².